The van der Waals surface area contributed by atoms with Crippen molar-refractivity contribution < 1.29 is 36.6 Å². The number of benzene rings is 2. The Morgan fingerprint density at radius 3 is 2.59 bits per heavy atom. The van der Waals surface area contributed by atoms with Gasteiger partial charge in [-0.25, -0.2) is 17.5 Å². The van der Waals surface area contributed by atoms with Crippen LogP contribution in [0.1, 0.15) is 19.8 Å². The summed E-state index contributed by atoms with van der Waals surface area (Å²) in [6.45, 7) is 1.99. The molecular weight excluding hydrogens is 443 g/mol. The predicted octanol–water partition coefficient (Wildman–Crippen LogP) is 2.23. The van der Waals surface area contributed by atoms with Crippen LogP contribution in [0.3, 0.4) is 0 Å². The van der Waals surface area contributed by atoms with E-state index in [1.807, 2.05) is 0 Å². The lowest BCUT2D eigenvalue weighted by molar-refractivity contribution is -0.152. The van der Waals surface area contributed by atoms with Gasteiger partial charge >= 0.3 is 5.97 Å². The lowest BCUT2D eigenvalue weighted by Crippen LogP contribution is -2.32. The molecule has 3 rings (SSSR count). The summed E-state index contributed by atoms with van der Waals surface area (Å²) >= 11 is 0. The minimum absolute atomic E-state index is 0.0345. The molecule has 1 atom stereocenters. The Morgan fingerprint density at radius 2 is 1.84 bits per heavy atom. The van der Waals surface area contributed by atoms with Gasteiger partial charge in [0.1, 0.15) is 5.82 Å². The first-order valence-corrected chi connectivity index (χ1v) is 11.4. The van der Waals surface area contributed by atoms with Crippen LogP contribution >= 0.6 is 0 Å². The Bertz CT molecular complexity index is 1090. The third-order valence-electron chi connectivity index (χ3n) is 4.46. The summed E-state index contributed by atoms with van der Waals surface area (Å²) in [5, 5.41) is 2.32. The first-order valence-electron chi connectivity index (χ1n) is 9.90. The number of carbonyl (C=O) groups is 2. The monoisotopic (exact) mass is 466 g/mol. The molecule has 1 unspecified atom stereocenters. The van der Waals surface area contributed by atoms with E-state index in [1.54, 1.807) is 6.07 Å². The summed E-state index contributed by atoms with van der Waals surface area (Å²) in [5.74, 6) is -1.32. The number of sulfonamides is 1. The van der Waals surface area contributed by atoms with Crippen LogP contribution in [0.25, 0.3) is 0 Å². The van der Waals surface area contributed by atoms with E-state index in [0.717, 1.165) is 0 Å². The summed E-state index contributed by atoms with van der Waals surface area (Å²) in [6, 6.07) is 9.82. The van der Waals surface area contributed by atoms with Crippen LogP contribution in [0, 0.1) is 5.82 Å². The number of esters is 1. The van der Waals surface area contributed by atoms with E-state index >= 15 is 0 Å². The third-order valence-corrected chi connectivity index (χ3v) is 5.92. The van der Waals surface area contributed by atoms with Crippen LogP contribution in [0.2, 0.25) is 0 Å². The molecule has 0 saturated heterocycles. The van der Waals surface area contributed by atoms with Crippen LogP contribution in [-0.2, 0) is 24.3 Å². The van der Waals surface area contributed by atoms with Gasteiger partial charge in [0.2, 0.25) is 10.0 Å². The average Bonchev–Trinajstić information content (AvgIpc) is 3.00. The summed E-state index contributed by atoms with van der Waals surface area (Å²) in [5.41, 5.74) is -0.0386. The third kappa shape index (κ3) is 6.17. The number of hydrogen-bond acceptors (Lipinski definition) is 7. The van der Waals surface area contributed by atoms with Crippen LogP contribution in [0.4, 0.5) is 10.1 Å². The standard InChI is InChI=1S/C21H23FN2O7S/c1-14(21(26)24-17-6-3-2-5-16(17)22)31-20(25)9-10-23-32(27,28)15-7-8-18-19(13-15)30-12-4-11-29-18/h2-3,5-8,13-14,23H,4,9-12H2,1H3,(H,24,26). The van der Waals surface area contributed by atoms with Crippen molar-refractivity contribution in [3.8, 4) is 11.5 Å². The first kappa shape index (κ1) is 23.5. The smallest absolute Gasteiger partial charge is 0.307 e. The molecule has 172 valence electrons. The van der Waals surface area contributed by atoms with E-state index in [0.29, 0.717) is 31.1 Å². The minimum atomic E-state index is -3.91. The van der Waals surface area contributed by atoms with Crippen LogP contribution < -0.4 is 19.5 Å². The molecule has 11 heteroatoms. The van der Waals surface area contributed by atoms with Crippen molar-refractivity contribution in [3.63, 3.8) is 0 Å². The lowest BCUT2D eigenvalue weighted by atomic mass is 10.3. The number of para-hydroxylation sites is 1. The zero-order valence-corrected chi connectivity index (χ0v) is 18.1. The molecule has 0 saturated carbocycles. The van der Waals surface area contributed by atoms with Gasteiger partial charge in [-0.1, -0.05) is 12.1 Å². The average molecular weight is 466 g/mol. The lowest BCUT2D eigenvalue weighted by Gasteiger charge is -2.14. The molecule has 1 heterocycles. The molecule has 0 aromatic heterocycles. The molecule has 9 nitrogen and oxygen atoms in total. The highest BCUT2D eigenvalue weighted by molar-refractivity contribution is 7.89. The Balaban J connectivity index is 1.49. The Hall–Kier alpha value is -3.18. The molecule has 0 radical (unpaired) electrons. The minimum Gasteiger partial charge on any atom is -0.490 e. The number of ether oxygens (including phenoxy) is 3. The molecular formula is C21H23FN2O7S. The summed E-state index contributed by atoms with van der Waals surface area (Å²) in [7, 11) is -3.91. The zero-order valence-electron chi connectivity index (χ0n) is 17.3. The molecule has 2 N–H and O–H groups in total. The number of halogens is 1. The highest BCUT2D eigenvalue weighted by Crippen LogP contribution is 2.31. The summed E-state index contributed by atoms with van der Waals surface area (Å²) in [4.78, 5) is 24.0. The second kappa shape index (κ2) is 10.4. The maximum atomic E-state index is 13.6. The van der Waals surface area contributed by atoms with Gasteiger partial charge in [0.25, 0.3) is 5.91 Å². The molecule has 1 aliphatic rings. The number of rotatable bonds is 8. The second-order valence-electron chi connectivity index (χ2n) is 6.91. The number of anilines is 1. The highest BCUT2D eigenvalue weighted by atomic mass is 32.2. The molecule has 0 aliphatic carbocycles. The van der Waals surface area contributed by atoms with Gasteiger partial charge in [-0.2, -0.15) is 0 Å². The maximum absolute atomic E-state index is 13.6. The van der Waals surface area contributed by atoms with Crippen molar-refractivity contribution in [2.45, 2.75) is 30.8 Å². The van der Waals surface area contributed by atoms with Gasteiger partial charge in [0.15, 0.2) is 17.6 Å². The molecule has 2 aromatic carbocycles. The molecule has 0 bridgehead atoms. The fraction of sp³-hybridized carbons (Fsp3) is 0.333. The van der Waals surface area contributed by atoms with Gasteiger partial charge in [-0.05, 0) is 31.2 Å². The Labute approximate surface area is 184 Å². The second-order valence-corrected chi connectivity index (χ2v) is 8.67. The Kier molecular flexibility index (Phi) is 7.65. The van der Waals surface area contributed by atoms with Gasteiger partial charge in [-0.3, -0.25) is 9.59 Å². The van der Waals surface area contributed by atoms with E-state index in [-0.39, 0.29) is 23.5 Å². The van der Waals surface area contributed by atoms with Crippen LogP contribution in [0.15, 0.2) is 47.4 Å². The molecule has 1 amide bonds. The van der Waals surface area contributed by atoms with Crippen molar-refractivity contribution in [2.24, 2.45) is 0 Å². The van der Waals surface area contributed by atoms with Crippen molar-refractivity contribution in [2.75, 3.05) is 25.1 Å². The number of amides is 1. The fourth-order valence-electron chi connectivity index (χ4n) is 2.79. The van der Waals surface area contributed by atoms with Gasteiger partial charge in [-0.15, -0.1) is 0 Å². The van der Waals surface area contributed by atoms with Gasteiger partial charge < -0.3 is 19.5 Å². The molecule has 1 aliphatic heterocycles. The molecule has 32 heavy (non-hydrogen) atoms. The summed E-state index contributed by atoms with van der Waals surface area (Å²) in [6.07, 6.45) is -0.810. The quantitative estimate of drug-likeness (QED) is 0.573. The van der Waals surface area contributed by atoms with E-state index in [9.17, 15) is 22.4 Å². The maximum Gasteiger partial charge on any atom is 0.307 e. The SMILES string of the molecule is CC(OC(=O)CCNS(=O)(=O)c1ccc2c(c1)OCCCO2)C(=O)Nc1ccccc1F. The van der Waals surface area contributed by atoms with Crippen LogP contribution in [0.5, 0.6) is 11.5 Å². The number of carbonyl (C=O) groups excluding carboxylic acids is 2. The highest BCUT2D eigenvalue weighted by Gasteiger charge is 2.21. The fourth-order valence-corrected chi connectivity index (χ4v) is 3.83. The number of nitrogens with one attached hydrogen (secondary N) is 2. The summed E-state index contributed by atoms with van der Waals surface area (Å²) < 4.78 is 56.8. The number of hydrogen-bond donors (Lipinski definition) is 2. The normalized spacial score (nSPS) is 14.2. The van der Waals surface area contributed by atoms with Crippen LogP contribution in [-0.4, -0.2) is 46.2 Å². The zero-order chi connectivity index (χ0) is 23.1. The molecule has 0 spiro atoms. The Morgan fingerprint density at radius 1 is 1.12 bits per heavy atom. The van der Waals surface area contributed by atoms with Crippen molar-refractivity contribution >= 4 is 27.6 Å². The van der Waals surface area contributed by atoms with Gasteiger partial charge in [0, 0.05) is 19.0 Å². The van der Waals surface area contributed by atoms with Crippen molar-refractivity contribution in [3.05, 3.63) is 48.3 Å². The van der Waals surface area contributed by atoms with E-state index in [1.165, 1.54) is 43.3 Å². The van der Waals surface area contributed by atoms with Crippen molar-refractivity contribution in [1.82, 2.24) is 4.72 Å². The topological polar surface area (TPSA) is 120 Å². The molecule has 0 fully saturated rings. The van der Waals surface area contributed by atoms with Crippen molar-refractivity contribution in [1.29, 1.82) is 0 Å². The predicted molar refractivity (Wildman–Crippen MR) is 112 cm³/mol. The number of fused-ring (bicyclic) bond motifs is 1. The van der Waals surface area contributed by atoms with E-state index < -0.39 is 33.8 Å². The van der Waals surface area contributed by atoms with E-state index in [4.69, 9.17) is 14.2 Å². The molecule has 2 aromatic rings. The van der Waals surface area contributed by atoms with E-state index in [2.05, 4.69) is 10.0 Å². The largest absolute Gasteiger partial charge is 0.490 e. The first-order chi connectivity index (χ1) is 15.3. The van der Waals surface area contributed by atoms with Gasteiger partial charge in [0.05, 0.1) is 30.2 Å².